The minimum atomic E-state index is -0.486. The largest absolute Gasteiger partial charge is 0.318 e. The first-order chi connectivity index (χ1) is 15.2. The molecule has 4 rings (SSSR count). The summed E-state index contributed by atoms with van der Waals surface area (Å²) in [7, 11) is 0. The number of rotatable bonds is 5. The number of carbonyl (C=O) groups excluding carboxylic acids is 2. The maximum atomic E-state index is 12.9. The Morgan fingerprint density at radius 2 is 1.66 bits per heavy atom. The molecule has 0 N–H and O–H groups in total. The second-order valence-corrected chi connectivity index (χ2v) is 8.68. The van der Waals surface area contributed by atoms with E-state index in [1.54, 1.807) is 18.2 Å². The van der Waals surface area contributed by atoms with Crippen molar-refractivity contribution in [3.63, 3.8) is 0 Å². The fraction of sp³-hybridized carbons (Fsp3) is 0.167. The molecule has 0 saturated carbocycles. The van der Waals surface area contributed by atoms with Gasteiger partial charge in [-0.05, 0) is 67.9 Å². The van der Waals surface area contributed by atoms with Crippen LogP contribution in [-0.4, -0.2) is 25.5 Å². The smallest absolute Gasteiger partial charge is 0.293 e. The highest BCUT2D eigenvalue weighted by Crippen LogP contribution is 2.34. The number of carbonyl (C=O) groups is 2. The SMILES string of the molecule is Cc1ccc(-n2c(C)cc(/C=C3\SC(=O)N(Cc4ccc([N+](=O)[O-])cc4)C3=O)c2C)cc1. The van der Waals surface area contributed by atoms with Gasteiger partial charge in [0.2, 0.25) is 0 Å². The second kappa shape index (κ2) is 8.47. The van der Waals surface area contributed by atoms with E-state index in [4.69, 9.17) is 0 Å². The van der Waals surface area contributed by atoms with Gasteiger partial charge in [-0.25, -0.2) is 0 Å². The lowest BCUT2D eigenvalue weighted by Crippen LogP contribution is -2.27. The van der Waals surface area contributed by atoms with Crippen molar-refractivity contribution in [2.24, 2.45) is 0 Å². The Morgan fingerprint density at radius 3 is 2.28 bits per heavy atom. The molecule has 1 aliphatic rings. The van der Waals surface area contributed by atoms with Crippen LogP contribution in [0.25, 0.3) is 11.8 Å². The Hall–Kier alpha value is -3.65. The minimum Gasteiger partial charge on any atom is -0.318 e. The molecule has 0 bridgehead atoms. The zero-order valence-corrected chi connectivity index (χ0v) is 18.7. The first-order valence-electron chi connectivity index (χ1n) is 9.99. The van der Waals surface area contributed by atoms with Crippen molar-refractivity contribution < 1.29 is 14.5 Å². The van der Waals surface area contributed by atoms with Gasteiger partial charge in [-0.2, -0.15) is 0 Å². The zero-order valence-electron chi connectivity index (χ0n) is 17.9. The van der Waals surface area contributed by atoms with E-state index in [1.165, 1.54) is 17.7 Å². The molecular formula is C24H21N3O4S. The molecule has 2 aromatic carbocycles. The highest BCUT2D eigenvalue weighted by molar-refractivity contribution is 8.18. The summed E-state index contributed by atoms with van der Waals surface area (Å²) >= 11 is 0.907. The average Bonchev–Trinajstić information content (AvgIpc) is 3.18. The van der Waals surface area contributed by atoms with Gasteiger partial charge in [0.15, 0.2) is 0 Å². The number of nitrogens with zero attached hydrogens (tertiary/aromatic N) is 3. The highest BCUT2D eigenvalue weighted by Gasteiger charge is 2.35. The van der Waals surface area contributed by atoms with Gasteiger partial charge in [0.25, 0.3) is 16.8 Å². The third-order valence-corrected chi connectivity index (χ3v) is 6.32. The van der Waals surface area contributed by atoms with Gasteiger partial charge in [-0.1, -0.05) is 29.8 Å². The topological polar surface area (TPSA) is 85.4 Å². The fourth-order valence-corrected chi connectivity index (χ4v) is 4.54. The first kappa shape index (κ1) is 21.6. The average molecular weight is 448 g/mol. The molecule has 7 nitrogen and oxygen atoms in total. The standard InChI is InChI=1S/C24H21N3O4S/c1-15-4-8-20(9-5-15)26-16(2)12-19(17(26)3)13-22-23(28)25(24(29)32-22)14-18-6-10-21(11-7-18)27(30)31/h4-13H,14H2,1-3H3/b22-13-. The van der Waals surface area contributed by atoms with Crippen molar-refractivity contribution in [3.05, 3.63) is 97.7 Å². The number of hydrogen-bond acceptors (Lipinski definition) is 5. The number of imide groups is 1. The van der Waals surface area contributed by atoms with Crippen LogP contribution < -0.4 is 0 Å². The minimum absolute atomic E-state index is 0.0354. The normalized spacial score (nSPS) is 15.1. The van der Waals surface area contributed by atoms with Crippen LogP contribution >= 0.6 is 11.8 Å². The summed E-state index contributed by atoms with van der Waals surface area (Å²) in [5.41, 5.74) is 5.72. The summed E-state index contributed by atoms with van der Waals surface area (Å²) in [6.45, 7) is 6.10. The number of thioether (sulfide) groups is 1. The zero-order chi connectivity index (χ0) is 23.0. The summed E-state index contributed by atoms with van der Waals surface area (Å²) in [5.74, 6) is -0.363. The van der Waals surface area contributed by atoms with E-state index in [0.29, 0.717) is 10.5 Å². The number of aromatic nitrogens is 1. The van der Waals surface area contributed by atoms with Crippen LogP contribution in [0.2, 0.25) is 0 Å². The van der Waals surface area contributed by atoms with Crippen LogP contribution in [0.3, 0.4) is 0 Å². The molecule has 1 aliphatic heterocycles. The van der Waals surface area contributed by atoms with Crippen LogP contribution in [0.1, 0.15) is 28.1 Å². The molecule has 162 valence electrons. The molecule has 2 heterocycles. The number of aryl methyl sites for hydroxylation is 2. The number of benzene rings is 2. The van der Waals surface area contributed by atoms with Crippen LogP contribution in [-0.2, 0) is 11.3 Å². The number of nitro benzene ring substituents is 1. The molecule has 8 heteroatoms. The monoisotopic (exact) mass is 447 g/mol. The predicted octanol–water partition coefficient (Wildman–Crippen LogP) is 5.55. The van der Waals surface area contributed by atoms with Gasteiger partial charge < -0.3 is 4.57 Å². The van der Waals surface area contributed by atoms with Crippen LogP contribution in [0.4, 0.5) is 10.5 Å². The lowest BCUT2D eigenvalue weighted by molar-refractivity contribution is -0.384. The van der Waals surface area contributed by atoms with Crippen molar-refractivity contribution in [1.29, 1.82) is 0 Å². The molecule has 0 spiro atoms. The van der Waals surface area contributed by atoms with E-state index in [1.807, 2.05) is 26.8 Å². The molecule has 0 aliphatic carbocycles. The van der Waals surface area contributed by atoms with Crippen molar-refractivity contribution in [2.45, 2.75) is 27.3 Å². The van der Waals surface area contributed by atoms with Crippen LogP contribution in [0.5, 0.6) is 0 Å². The van der Waals surface area contributed by atoms with Crippen molar-refractivity contribution in [3.8, 4) is 5.69 Å². The van der Waals surface area contributed by atoms with Crippen LogP contribution in [0, 0.1) is 30.9 Å². The predicted molar refractivity (Wildman–Crippen MR) is 125 cm³/mol. The van der Waals surface area contributed by atoms with E-state index in [9.17, 15) is 19.7 Å². The van der Waals surface area contributed by atoms with Gasteiger partial charge >= 0.3 is 0 Å². The van der Waals surface area contributed by atoms with Gasteiger partial charge in [-0.15, -0.1) is 0 Å². The Kier molecular flexibility index (Phi) is 5.71. The lowest BCUT2D eigenvalue weighted by Gasteiger charge is -2.12. The summed E-state index contributed by atoms with van der Waals surface area (Å²) in [5, 5.41) is 10.5. The second-order valence-electron chi connectivity index (χ2n) is 7.69. The molecule has 0 unspecified atom stereocenters. The summed E-state index contributed by atoms with van der Waals surface area (Å²) in [4.78, 5) is 37.2. The van der Waals surface area contributed by atoms with Crippen molar-refractivity contribution in [1.82, 2.24) is 9.47 Å². The molecule has 3 aromatic rings. The van der Waals surface area contributed by atoms with E-state index >= 15 is 0 Å². The van der Waals surface area contributed by atoms with Crippen molar-refractivity contribution in [2.75, 3.05) is 0 Å². The third kappa shape index (κ3) is 4.09. The molecule has 0 atom stereocenters. The molecule has 1 saturated heterocycles. The third-order valence-electron chi connectivity index (χ3n) is 5.41. The number of amides is 2. The summed E-state index contributed by atoms with van der Waals surface area (Å²) < 4.78 is 2.12. The van der Waals surface area contributed by atoms with E-state index in [0.717, 1.165) is 39.3 Å². The number of hydrogen-bond donors (Lipinski definition) is 0. The summed E-state index contributed by atoms with van der Waals surface area (Å²) in [6, 6.07) is 16.1. The molecule has 1 aromatic heterocycles. The molecule has 0 radical (unpaired) electrons. The molecular weight excluding hydrogens is 426 g/mol. The molecule has 2 amide bonds. The van der Waals surface area contributed by atoms with Gasteiger partial charge in [0.1, 0.15) is 0 Å². The van der Waals surface area contributed by atoms with Gasteiger partial charge in [0.05, 0.1) is 16.4 Å². The lowest BCUT2D eigenvalue weighted by atomic mass is 10.2. The quantitative estimate of drug-likeness (QED) is 0.291. The van der Waals surface area contributed by atoms with Crippen molar-refractivity contribution >= 4 is 34.7 Å². The van der Waals surface area contributed by atoms with Gasteiger partial charge in [0, 0.05) is 29.2 Å². The molecule has 32 heavy (non-hydrogen) atoms. The first-order valence-corrected chi connectivity index (χ1v) is 10.8. The molecule has 1 fully saturated rings. The van der Waals surface area contributed by atoms with E-state index < -0.39 is 4.92 Å². The summed E-state index contributed by atoms with van der Waals surface area (Å²) in [6.07, 6.45) is 1.76. The maximum Gasteiger partial charge on any atom is 0.293 e. The van der Waals surface area contributed by atoms with E-state index in [2.05, 4.69) is 28.8 Å². The Morgan fingerprint density at radius 1 is 1.00 bits per heavy atom. The fourth-order valence-electron chi connectivity index (χ4n) is 3.71. The Balaban J connectivity index is 1.58. The van der Waals surface area contributed by atoms with Crippen LogP contribution in [0.15, 0.2) is 59.5 Å². The number of non-ortho nitro benzene ring substituents is 1. The number of nitro groups is 1. The Labute approximate surface area is 189 Å². The van der Waals surface area contributed by atoms with E-state index in [-0.39, 0.29) is 23.4 Å². The Bertz CT molecular complexity index is 1260. The maximum absolute atomic E-state index is 12.9. The highest BCUT2D eigenvalue weighted by atomic mass is 32.2. The van der Waals surface area contributed by atoms with Gasteiger partial charge in [-0.3, -0.25) is 24.6 Å².